The van der Waals surface area contributed by atoms with Crippen molar-refractivity contribution in [3.05, 3.63) is 30.3 Å². The summed E-state index contributed by atoms with van der Waals surface area (Å²) in [7, 11) is 0. The zero-order valence-corrected chi connectivity index (χ0v) is 11.1. The van der Waals surface area contributed by atoms with E-state index in [-0.39, 0.29) is 12.5 Å². The number of piperidine rings is 1. The molecule has 0 saturated carbocycles. The number of nitrogens with one attached hydrogen (secondary N) is 1. The molecule has 2 fully saturated rings. The Labute approximate surface area is 113 Å². The molecule has 0 atom stereocenters. The Hall–Kier alpha value is -1.55. The maximum Gasteiger partial charge on any atom is 0.260 e. The van der Waals surface area contributed by atoms with Gasteiger partial charge < -0.3 is 15.0 Å². The normalized spacial score (nSPS) is 20.9. The third kappa shape index (κ3) is 2.73. The van der Waals surface area contributed by atoms with E-state index in [0.717, 1.165) is 31.9 Å². The fourth-order valence-corrected chi connectivity index (χ4v) is 2.97. The molecule has 2 aliphatic heterocycles. The van der Waals surface area contributed by atoms with Crippen LogP contribution in [0.4, 0.5) is 0 Å². The molecule has 2 aliphatic rings. The van der Waals surface area contributed by atoms with E-state index in [1.54, 1.807) is 0 Å². The minimum Gasteiger partial charge on any atom is -0.484 e. The highest BCUT2D eigenvalue weighted by Gasteiger charge is 2.45. The first kappa shape index (κ1) is 12.5. The van der Waals surface area contributed by atoms with Gasteiger partial charge in [0.05, 0.1) is 0 Å². The summed E-state index contributed by atoms with van der Waals surface area (Å²) in [6.45, 7) is 4.14. The molecule has 0 unspecified atom stereocenters. The lowest BCUT2D eigenvalue weighted by Crippen LogP contribution is -2.62. The minimum absolute atomic E-state index is 0.105. The summed E-state index contributed by atoms with van der Waals surface area (Å²) >= 11 is 0. The summed E-state index contributed by atoms with van der Waals surface area (Å²) in [6, 6.07) is 9.50. The van der Waals surface area contributed by atoms with Crippen molar-refractivity contribution in [2.45, 2.75) is 12.8 Å². The first-order valence-electron chi connectivity index (χ1n) is 6.94. The summed E-state index contributed by atoms with van der Waals surface area (Å²) in [4.78, 5) is 13.9. The monoisotopic (exact) mass is 260 g/mol. The first-order valence-corrected chi connectivity index (χ1v) is 6.94. The number of ether oxygens (including phenoxy) is 1. The van der Waals surface area contributed by atoms with Gasteiger partial charge in [0.25, 0.3) is 5.91 Å². The van der Waals surface area contributed by atoms with E-state index < -0.39 is 0 Å². The Morgan fingerprint density at radius 2 is 1.89 bits per heavy atom. The van der Waals surface area contributed by atoms with Gasteiger partial charge in [0.2, 0.25) is 0 Å². The molecular formula is C15H20N2O2. The van der Waals surface area contributed by atoms with Crippen molar-refractivity contribution in [3.63, 3.8) is 0 Å². The molecule has 1 amide bonds. The lowest BCUT2D eigenvalue weighted by atomic mass is 9.72. The summed E-state index contributed by atoms with van der Waals surface area (Å²) < 4.78 is 5.50. The van der Waals surface area contributed by atoms with Crippen LogP contribution >= 0.6 is 0 Å². The average Bonchev–Trinajstić information content (AvgIpc) is 2.44. The van der Waals surface area contributed by atoms with Gasteiger partial charge >= 0.3 is 0 Å². The molecule has 0 radical (unpaired) electrons. The summed E-state index contributed by atoms with van der Waals surface area (Å²) in [5.41, 5.74) is 0.396. The highest BCUT2D eigenvalue weighted by Crippen LogP contribution is 2.38. The van der Waals surface area contributed by atoms with Gasteiger partial charge in [0, 0.05) is 18.5 Å². The minimum atomic E-state index is 0.105. The molecule has 1 aromatic rings. The molecule has 2 saturated heterocycles. The standard InChI is InChI=1S/C15H20N2O2/c18-14(10-19-13-4-2-1-3-5-13)17-11-15(12-17)6-8-16-9-7-15/h1-5,16H,6-12H2. The molecule has 1 N–H and O–H groups in total. The van der Waals surface area contributed by atoms with Crippen molar-refractivity contribution >= 4 is 5.91 Å². The van der Waals surface area contributed by atoms with Crippen LogP contribution in [0.25, 0.3) is 0 Å². The number of carbonyl (C=O) groups excluding carboxylic acids is 1. The van der Waals surface area contributed by atoms with Crippen molar-refractivity contribution in [1.82, 2.24) is 10.2 Å². The maximum atomic E-state index is 12.0. The summed E-state index contributed by atoms with van der Waals surface area (Å²) in [5, 5.41) is 3.37. The van der Waals surface area contributed by atoms with E-state index in [0.29, 0.717) is 5.41 Å². The van der Waals surface area contributed by atoms with E-state index in [2.05, 4.69) is 5.32 Å². The Kier molecular flexibility index (Phi) is 3.42. The number of amides is 1. The van der Waals surface area contributed by atoms with E-state index in [4.69, 9.17) is 4.74 Å². The van der Waals surface area contributed by atoms with Crippen LogP contribution in [0.3, 0.4) is 0 Å². The van der Waals surface area contributed by atoms with Crippen LogP contribution < -0.4 is 10.1 Å². The zero-order valence-electron chi connectivity index (χ0n) is 11.1. The van der Waals surface area contributed by atoms with Crippen molar-refractivity contribution in [2.75, 3.05) is 32.8 Å². The fraction of sp³-hybridized carbons (Fsp3) is 0.533. The van der Waals surface area contributed by atoms with Crippen molar-refractivity contribution in [2.24, 2.45) is 5.41 Å². The van der Waals surface area contributed by atoms with Gasteiger partial charge in [0.1, 0.15) is 5.75 Å². The lowest BCUT2D eigenvalue weighted by Gasteiger charge is -2.52. The van der Waals surface area contributed by atoms with E-state index >= 15 is 0 Å². The summed E-state index contributed by atoms with van der Waals surface area (Å²) in [6.07, 6.45) is 2.38. The number of nitrogens with zero attached hydrogens (tertiary/aromatic N) is 1. The van der Waals surface area contributed by atoms with Gasteiger partial charge in [-0.25, -0.2) is 0 Å². The Balaban J connectivity index is 1.45. The molecule has 102 valence electrons. The average molecular weight is 260 g/mol. The number of benzene rings is 1. The number of para-hydroxylation sites is 1. The second kappa shape index (κ2) is 5.21. The van der Waals surface area contributed by atoms with Gasteiger partial charge in [0.15, 0.2) is 6.61 Å². The Morgan fingerprint density at radius 1 is 1.21 bits per heavy atom. The predicted octanol–water partition coefficient (Wildman–Crippen LogP) is 1.28. The van der Waals surface area contributed by atoms with E-state index in [1.807, 2.05) is 35.2 Å². The van der Waals surface area contributed by atoms with Gasteiger partial charge in [-0.3, -0.25) is 4.79 Å². The van der Waals surface area contributed by atoms with Gasteiger partial charge in [-0.05, 0) is 38.1 Å². The predicted molar refractivity (Wildman–Crippen MR) is 73.1 cm³/mol. The molecule has 19 heavy (non-hydrogen) atoms. The van der Waals surface area contributed by atoms with Crippen molar-refractivity contribution in [1.29, 1.82) is 0 Å². The Bertz CT molecular complexity index is 433. The third-order valence-electron chi connectivity index (χ3n) is 4.17. The van der Waals surface area contributed by atoms with Gasteiger partial charge in [-0.2, -0.15) is 0 Å². The molecule has 2 heterocycles. The molecule has 0 aromatic heterocycles. The number of carbonyl (C=O) groups is 1. The topological polar surface area (TPSA) is 41.6 Å². The van der Waals surface area contributed by atoms with Crippen LogP contribution in [-0.2, 0) is 4.79 Å². The van der Waals surface area contributed by atoms with Crippen molar-refractivity contribution in [3.8, 4) is 5.75 Å². The molecule has 4 nitrogen and oxygen atoms in total. The Morgan fingerprint density at radius 3 is 2.58 bits per heavy atom. The maximum absolute atomic E-state index is 12.0. The van der Waals surface area contributed by atoms with Crippen LogP contribution in [0, 0.1) is 5.41 Å². The van der Waals surface area contributed by atoms with Crippen LogP contribution in [0.2, 0.25) is 0 Å². The summed E-state index contributed by atoms with van der Waals surface area (Å²) in [5.74, 6) is 0.862. The molecule has 1 spiro atoms. The molecule has 4 heteroatoms. The SMILES string of the molecule is O=C(COc1ccccc1)N1CC2(CCNCC2)C1. The molecule has 1 aromatic carbocycles. The van der Waals surface area contributed by atoms with Crippen molar-refractivity contribution < 1.29 is 9.53 Å². The quantitative estimate of drug-likeness (QED) is 0.890. The van der Waals surface area contributed by atoms with Crippen LogP contribution in [0.1, 0.15) is 12.8 Å². The van der Waals surface area contributed by atoms with Gasteiger partial charge in [-0.15, -0.1) is 0 Å². The molecular weight excluding hydrogens is 240 g/mol. The molecule has 0 aliphatic carbocycles. The smallest absolute Gasteiger partial charge is 0.260 e. The number of hydrogen-bond donors (Lipinski definition) is 1. The third-order valence-corrected chi connectivity index (χ3v) is 4.17. The highest BCUT2D eigenvalue weighted by molar-refractivity contribution is 5.78. The number of rotatable bonds is 3. The van der Waals surface area contributed by atoms with E-state index in [9.17, 15) is 4.79 Å². The van der Waals surface area contributed by atoms with Crippen LogP contribution in [-0.4, -0.2) is 43.6 Å². The van der Waals surface area contributed by atoms with Gasteiger partial charge in [-0.1, -0.05) is 18.2 Å². The first-order chi connectivity index (χ1) is 9.27. The fourth-order valence-electron chi connectivity index (χ4n) is 2.97. The number of likely N-dealkylation sites (tertiary alicyclic amines) is 1. The number of hydrogen-bond acceptors (Lipinski definition) is 3. The highest BCUT2D eigenvalue weighted by atomic mass is 16.5. The van der Waals surface area contributed by atoms with E-state index in [1.165, 1.54) is 12.8 Å². The second-order valence-corrected chi connectivity index (χ2v) is 5.60. The lowest BCUT2D eigenvalue weighted by molar-refractivity contribution is -0.147. The largest absolute Gasteiger partial charge is 0.484 e. The zero-order chi connectivity index (χ0) is 13.1. The van der Waals surface area contributed by atoms with Crippen LogP contribution in [0.5, 0.6) is 5.75 Å². The van der Waals surface area contributed by atoms with Crippen LogP contribution in [0.15, 0.2) is 30.3 Å². The molecule has 0 bridgehead atoms. The molecule has 3 rings (SSSR count). The second-order valence-electron chi connectivity index (χ2n) is 5.60.